The molecule has 0 aliphatic carbocycles. The molecule has 1 N–H and O–H groups in total. The number of hydrogen-bond acceptors (Lipinski definition) is 3. The maximum absolute atomic E-state index is 11.2. The molecule has 0 amide bonds. The summed E-state index contributed by atoms with van der Waals surface area (Å²) in [5, 5.41) is 11.3. The summed E-state index contributed by atoms with van der Waals surface area (Å²) in [5.74, 6) is -0.792. The Labute approximate surface area is 159 Å². The molecule has 1 aromatic carbocycles. The molecule has 26 heavy (non-hydrogen) atoms. The van der Waals surface area contributed by atoms with Gasteiger partial charge in [-0.2, -0.15) is 0 Å². The van der Waals surface area contributed by atoms with Crippen molar-refractivity contribution in [3.63, 3.8) is 0 Å². The number of benzene rings is 1. The number of carbonyl (C=O) groups is 1. The molecule has 0 spiro atoms. The van der Waals surface area contributed by atoms with Gasteiger partial charge in [0.1, 0.15) is 0 Å². The van der Waals surface area contributed by atoms with Gasteiger partial charge in [-0.15, -0.1) is 11.3 Å². The van der Waals surface area contributed by atoms with Crippen LogP contribution in [0.5, 0.6) is 0 Å². The van der Waals surface area contributed by atoms with Crippen molar-refractivity contribution in [3.05, 3.63) is 75.0 Å². The summed E-state index contributed by atoms with van der Waals surface area (Å²) >= 11 is 1.78. The van der Waals surface area contributed by atoms with Crippen LogP contribution >= 0.6 is 11.3 Å². The molecule has 1 aliphatic heterocycles. The quantitative estimate of drug-likeness (QED) is 0.789. The molecule has 0 radical (unpaired) electrons. The minimum absolute atomic E-state index is 0.522. The Morgan fingerprint density at radius 2 is 2.04 bits per heavy atom. The average molecular weight is 368 g/mol. The van der Waals surface area contributed by atoms with Crippen molar-refractivity contribution in [3.8, 4) is 0 Å². The van der Waals surface area contributed by atoms with E-state index in [9.17, 15) is 9.90 Å². The van der Waals surface area contributed by atoms with E-state index < -0.39 is 5.97 Å². The maximum atomic E-state index is 11.2. The summed E-state index contributed by atoms with van der Waals surface area (Å²) in [6, 6.07) is 10.7. The topological polar surface area (TPSA) is 40.5 Å². The van der Waals surface area contributed by atoms with Gasteiger partial charge in [0.2, 0.25) is 0 Å². The standard InChI is InChI=1S/C22H25NO2S/c1-16-7-3-4-9-19(16)20(21-17(2)11-14-26-21)10-6-13-23-12-5-8-18(15-23)22(24)25/h3-4,7-11,14H,5-6,12-13,15H2,1-2H3,(H,24,25)/b20-10-. The van der Waals surface area contributed by atoms with Crippen LogP contribution in [0, 0.1) is 13.8 Å². The highest BCUT2D eigenvalue weighted by molar-refractivity contribution is 7.11. The lowest BCUT2D eigenvalue weighted by molar-refractivity contribution is -0.133. The third-order valence-electron chi connectivity index (χ3n) is 4.84. The van der Waals surface area contributed by atoms with Gasteiger partial charge in [0.25, 0.3) is 0 Å². The van der Waals surface area contributed by atoms with Crippen LogP contribution in [0.3, 0.4) is 0 Å². The van der Waals surface area contributed by atoms with Crippen LogP contribution in [0.15, 0.2) is 53.4 Å². The monoisotopic (exact) mass is 367 g/mol. The van der Waals surface area contributed by atoms with Gasteiger partial charge in [-0.25, -0.2) is 4.79 Å². The molecule has 4 heteroatoms. The van der Waals surface area contributed by atoms with Crippen LogP contribution in [0.2, 0.25) is 0 Å². The number of carboxylic acid groups (broad SMARTS) is 1. The minimum Gasteiger partial charge on any atom is -0.478 e. The summed E-state index contributed by atoms with van der Waals surface area (Å²) in [6.07, 6.45) is 5.90. The number of aliphatic carboxylic acids is 1. The second kappa shape index (κ2) is 8.47. The summed E-state index contributed by atoms with van der Waals surface area (Å²) in [4.78, 5) is 14.7. The van der Waals surface area contributed by atoms with E-state index in [0.717, 1.165) is 25.9 Å². The SMILES string of the molecule is Cc1ccccc1/C(=C/CCN1CCC=C(C(=O)O)C1)c1sccc1C. The van der Waals surface area contributed by atoms with Crippen molar-refractivity contribution in [1.82, 2.24) is 4.90 Å². The van der Waals surface area contributed by atoms with Crippen LogP contribution in [0.1, 0.15) is 34.4 Å². The lowest BCUT2D eigenvalue weighted by Gasteiger charge is -2.25. The molecule has 3 rings (SSSR count). The number of aryl methyl sites for hydroxylation is 2. The van der Waals surface area contributed by atoms with Gasteiger partial charge in [0.15, 0.2) is 0 Å². The summed E-state index contributed by atoms with van der Waals surface area (Å²) < 4.78 is 0. The van der Waals surface area contributed by atoms with E-state index in [1.54, 1.807) is 11.3 Å². The number of thiophene rings is 1. The zero-order valence-electron chi connectivity index (χ0n) is 15.4. The third kappa shape index (κ3) is 4.32. The molecule has 0 saturated carbocycles. The molecule has 136 valence electrons. The van der Waals surface area contributed by atoms with Gasteiger partial charge in [-0.05, 0) is 60.4 Å². The molecule has 3 nitrogen and oxygen atoms in total. The Hall–Kier alpha value is -2.17. The molecule has 1 aromatic heterocycles. The molecule has 2 heterocycles. The van der Waals surface area contributed by atoms with E-state index >= 15 is 0 Å². The van der Waals surface area contributed by atoms with Gasteiger partial charge < -0.3 is 5.11 Å². The number of hydrogen-bond donors (Lipinski definition) is 1. The van der Waals surface area contributed by atoms with Crippen LogP contribution in [0.4, 0.5) is 0 Å². The highest BCUT2D eigenvalue weighted by Crippen LogP contribution is 2.32. The molecule has 0 saturated heterocycles. The van der Waals surface area contributed by atoms with E-state index in [1.807, 2.05) is 6.08 Å². The number of carboxylic acids is 1. The van der Waals surface area contributed by atoms with Gasteiger partial charge >= 0.3 is 5.97 Å². The first kappa shape index (κ1) is 18.6. The van der Waals surface area contributed by atoms with Crippen molar-refractivity contribution < 1.29 is 9.90 Å². The molecule has 2 aromatic rings. The van der Waals surface area contributed by atoms with E-state index in [4.69, 9.17) is 0 Å². The maximum Gasteiger partial charge on any atom is 0.332 e. The van der Waals surface area contributed by atoms with Gasteiger partial charge in [0, 0.05) is 30.1 Å². The minimum atomic E-state index is -0.792. The first-order valence-corrected chi connectivity index (χ1v) is 9.89. The molecule has 0 atom stereocenters. The second-order valence-electron chi connectivity index (χ2n) is 6.75. The largest absolute Gasteiger partial charge is 0.478 e. The van der Waals surface area contributed by atoms with Crippen molar-refractivity contribution in [1.29, 1.82) is 0 Å². The highest BCUT2D eigenvalue weighted by Gasteiger charge is 2.17. The number of nitrogens with zero attached hydrogens (tertiary/aromatic N) is 1. The lowest BCUT2D eigenvalue weighted by Crippen LogP contribution is -2.32. The van der Waals surface area contributed by atoms with Gasteiger partial charge in [-0.1, -0.05) is 36.4 Å². The molecule has 0 bridgehead atoms. The van der Waals surface area contributed by atoms with Gasteiger partial charge in [-0.3, -0.25) is 4.90 Å². The molecular weight excluding hydrogens is 342 g/mol. The fourth-order valence-corrected chi connectivity index (χ4v) is 4.37. The third-order valence-corrected chi connectivity index (χ3v) is 5.89. The second-order valence-corrected chi connectivity index (χ2v) is 7.67. The van der Waals surface area contributed by atoms with Crippen molar-refractivity contribution in [2.45, 2.75) is 26.7 Å². The Bertz CT molecular complexity index is 847. The van der Waals surface area contributed by atoms with Gasteiger partial charge in [0.05, 0.1) is 0 Å². The first-order chi connectivity index (χ1) is 12.6. The van der Waals surface area contributed by atoms with Crippen LogP contribution in [-0.2, 0) is 4.79 Å². The van der Waals surface area contributed by atoms with E-state index in [0.29, 0.717) is 12.1 Å². The zero-order chi connectivity index (χ0) is 18.5. The summed E-state index contributed by atoms with van der Waals surface area (Å²) in [7, 11) is 0. The zero-order valence-corrected chi connectivity index (χ0v) is 16.2. The normalized spacial score (nSPS) is 15.8. The Morgan fingerprint density at radius 3 is 2.73 bits per heavy atom. The summed E-state index contributed by atoms with van der Waals surface area (Å²) in [6.45, 7) is 6.67. The highest BCUT2D eigenvalue weighted by atomic mass is 32.1. The first-order valence-electron chi connectivity index (χ1n) is 9.01. The fourth-order valence-electron chi connectivity index (χ4n) is 3.39. The van der Waals surface area contributed by atoms with Crippen molar-refractivity contribution in [2.24, 2.45) is 0 Å². The molecule has 0 fully saturated rings. The predicted molar refractivity (Wildman–Crippen MR) is 109 cm³/mol. The average Bonchev–Trinajstić information content (AvgIpc) is 3.06. The van der Waals surface area contributed by atoms with Crippen molar-refractivity contribution >= 4 is 22.9 Å². The van der Waals surface area contributed by atoms with E-state index in [1.165, 1.54) is 27.1 Å². The van der Waals surface area contributed by atoms with E-state index in [2.05, 4.69) is 60.5 Å². The molecule has 0 unspecified atom stereocenters. The lowest BCUT2D eigenvalue weighted by atomic mass is 9.96. The Kier molecular flexibility index (Phi) is 6.07. The smallest absolute Gasteiger partial charge is 0.332 e. The Balaban J connectivity index is 1.78. The van der Waals surface area contributed by atoms with Crippen LogP contribution in [-0.4, -0.2) is 35.6 Å². The number of rotatable bonds is 6. The van der Waals surface area contributed by atoms with Crippen molar-refractivity contribution in [2.75, 3.05) is 19.6 Å². The fraction of sp³-hybridized carbons (Fsp3) is 0.318. The molecule has 1 aliphatic rings. The van der Waals surface area contributed by atoms with Crippen LogP contribution in [0.25, 0.3) is 5.57 Å². The summed E-state index contributed by atoms with van der Waals surface area (Å²) in [5.41, 5.74) is 5.68. The molecular formula is C22H25NO2S. The predicted octanol–water partition coefficient (Wildman–Crippen LogP) is 4.90. The Morgan fingerprint density at radius 1 is 1.23 bits per heavy atom. The van der Waals surface area contributed by atoms with E-state index in [-0.39, 0.29) is 0 Å². The van der Waals surface area contributed by atoms with Crippen LogP contribution < -0.4 is 0 Å².